The van der Waals surface area contributed by atoms with Gasteiger partial charge in [0.05, 0.1) is 17.1 Å². The Bertz CT molecular complexity index is 602. The molecule has 4 heteroatoms. The summed E-state index contributed by atoms with van der Waals surface area (Å²) >= 11 is 6.16. The number of aryl methyl sites for hydroxylation is 1. The van der Waals surface area contributed by atoms with Crippen molar-refractivity contribution in [1.82, 2.24) is 9.78 Å². The lowest BCUT2D eigenvalue weighted by molar-refractivity contribution is 0.0991. The van der Waals surface area contributed by atoms with Crippen molar-refractivity contribution in [3.8, 4) is 0 Å². The first-order valence-corrected chi connectivity index (χ1v) is 6.69. The van der Waals surface area contributed by atoms with Crippen molar-refractivity contribution in [3.05, 3.63) is 52.3 Å². The maximum atomic E-state index is 12.2. The van der Waals surface area contributed by atoms with Crippen molar-refractivity contribution in [1.29, 1.82) is 0 Å². The Hall–Kier alpha value is -1.61. The molecule has 1 heterocycles. The normalized spacial score (nSPS) is 11.0. The molecule has 0 saturated carbocycles. The molecule has 19 heavy (non-hydrogen) atoms. The van der Waals surface area contributed by atoms with Crippen LogP contribution in [0.1, 0.15) is 41.5 Å². The summed E-state index contributed by atoms with van der Waals surface area (Å²) in [5.41, 5.74) is 2.26. The highest BCUT2D eigenvalue weighted by Gasteiger charge is 2.14. The largest absolute Gasteiger partial charge is 0.294 e. The van der Waals surface area contributed by atoms with E-state index >= 15 is 0 Å². The maximum absolute atomic E-state index is 12.2. The molecule has 2 aromatic rings. The Morgan fingerprint density at radius 3 is 2.74 bits per heavy atom. The van der Waals surface area contributed by atoms with E-state index in [2.05, 4.69) is 18.9 Å². The van der Waals surface area contributed by atoms with Gasteiger partial charge < -0.3 is 0 Å². The number of Topliss-reactive ketones (excluding diaryl/α,β-unsaturated/α-hetero) is 1. The zero-order valence-corrected chi connectivity index (χ0v) is 12.1. The third-order valence-corrected chi connectivity index (χ3v) is 3.53. The molecule has 0 amide bonds. The summed E-state index contributed by atoms with van der Waals surface area (Å²) in [7, 11) is 0. The van der Waals surface area contributed by atoms with Gasteiger partial charge in [-0.15, -0.1) is 0 Å². The predicted octanol–water partition coefficient (Wildman–Crippen LogP) is 3.85. The van der Waals surface area contributed by atoms with E-state index in [-0.39, 0.29) is 12.2 Å². The minimum atomic E-state index is 0.00251. The molecule has 0 atom stereocenters. The molecule has 100 valence electrons. The Balaban J connectivity index is 2.18. The number of hydrogen-bond donors (Lipinski definition) is 0. The fourth-order valence-corrected chi connectivity index (χ4v) is 2.11. The van der Waals surface area contributed by atoms with Crippen LogP contribution in [-0.2, 0) is 6.42 Å². The second-order valence-corrected chi connectivity index (χ2v) is 5.30. The zero-order chi connectivity index (χ0) is 14.0. The fourth-order valence-electron chi connectivity index (χ4n) is 1.88. The van der Waals surface area contributed by atoms with E-state index < -0.39 is 0 Å². The molecule has 1 aromatic heterocycles. The van der Waals surface area contributed by atoms with Crippen LogP contribution in [-0.4, -0.2) is 15.6 Å². The highest BCUT2D eigenvalue weighted by Crippen LogP contribution is 2.21. The standard InChI is InChI=1S/C15H17ClN2O/c1-10(2)18-8-7-12(17-18)9-14(19)13-6-4-5-11(3)15(13)16/h4-8,10H,9H2,1-3H3. The topological polar surface area (TPSA) is 34.9 Å². The molecule has 0 fully saturated rings. The first-order valence-electron chi connectivity index (χ1n) is 6.31. The first-order chi connectivity index (χ1) is 8.99. The second kappa shape index (κ2) is 5.57. The van der Waals surface area contributed by atoms with Crippen molar-refractivity contribution in [3.63, 3.8) is 0 Å². The lowest BCUT2D eigenvalue weighted by atomic mass is 10.0. The molecule has 1 aromatic carbocycles. The third-order valence-electron chi connectivity index (χ3n) is 3.03. The minimum Gasteiger partial charge on any atom is -0.294 e. The molecular formula is C15H17ClN2O. The van der Waals surface area contributed by atoms with Gasteiger partial charge in [0, 0.05) is 17.8 Å². The average molecular weight is 277 g/mol. The number of ketones is 1. The zero-order valence-electron chi connectivity index (χ0n) is 11.4. The van der Waals surface area contributed by atoms with Crippen LogP contribution in [0.2, 0.25) is 5.02 Å². The number of benzene rings is 1. The van der Waals surface area contributed by atoms with Gasteiger partial charge in [0.15, 0.2) is 5.78 Å². The fraction of sp³-hybridized carbons (Fsp3) is 0.333. The van der Waals surface area contributed by atoms with Crippen LogP contribution in [0.25, 0.3) is 0 Å². The lowest BCUT2D eigenvalue weighted by Crippen LogP contribution is -2.07. The molecule has 0 aliphatic rings. The summed E-state index contributed by atoms with van der Waals surface area (Å²) in [5.74, 6) is 0.00251. The van der Waals surface area contributed by atoms with Gasteiger partial charge in [-0.05, 0) is 38.5 Å². The summed E-state index contributed by atoms with van der Waals surface area (Å²) < 4.78 is 1.85. The number of aromatic nitrogens is 2. The quantitative estimate of drug-likeness (QED) is 0.795. The van der Waals surface area contributed by atoms with Gasteiger partial charge in [-0.1, -0.05) is 23.7 Å². The van der Waals surface area contributed by atoms with Crippen LogP contribution in [0.5, 0.6) is 0 Å². The maximum Gasteiger partial charge on any atom is 0.170 e. The van der Waals surface area contributed by atoms with Crippen LogP contribution in [0.15, 0.2) is 30.5 Å². The van der Waals surface area contributed by atoms with Gasteiger partial charge in [0.25, 0.3) is 0 Å². The van der Waals surface area contributed by atoms with Gasteiger partial charge in [0.2, 0.25) is 0 Å². The molecule has 0 saturated heterocycles. The van der Waals surface area contributed by atoms with Crippen molar-refractivity contribution in [2.24, 2.45) is 0 Å². The first kappa shape index (κ1) is 13.8. The molecule has 0 bridgehead atoms. The van der Waals surface area contributed by atoms with Gasteiger partial charge in [-0.25, -0.2) is 0 Å². The number of hydrogen-bond acceptors (Lipinski definition) is 2. The number of carbonyl (C=O) groups excluding carboxylic acids is 1. The lowest BCUT2D eigenvalue weighted by Gasteiger charge is -2.05. The molecule has 3 nitrogen and oxygen atoms in total. The molecule has 2 rings (SSSR count). The molecule has 0 N–H and O–H groups in total. The Labute approximate surface area is 118 Å². The molecule has 0 radical (unpaired) electrons. The van der Waals surface area contributed by atoms with Gasteiger partial charge in [0.1, 0.15) is 0 Å². The average Bonchev–Trinajstić information content (AvgIpc) is 2.81. The summed E-state index contributed by atoms with van der Waals surface area (Å²) in [5, 5.41) is 4.92. The number of rotatable bonds is 4. The minimum absolute atomic E-state index is 0.00251. The van der Waals surface area contributed by atoms with E-state index in [4.69, 9.17) is 11.6 Å². The number of nitrogens with zero attached hydrogens (tertiary/aromatic N) is 2. The molecule has 0 spiro atoms. The Morgan fingerprint density at radius 2 is 2.11 bits per heavy atom. The predicted molar refractivity (Wildman–Crippen MR) is 76.8 cm³/mol. The number of carbonyl (C=O) groups is 1. The van der Waals surface area contributed by atoms with E-state index in [9.17, 15) is 4.79 Å². The van der Waals surface area contributed by atoms with E-state index in [1.54, 1.807) is 6.07 Å². The highest BCUT2D eigenvalue weighted by molar-refractivity contribution is 6.34. The molecule has 0 aliphatic carbocycles. The molecule has 0 aliphatic heterocycles. The van der Waals surface area contributed by atoms with Gasteiger partial charge in [-0.2, -0.15) is 5.10 Å². The monoisotopic (exact) mass is 276 g/mol. The smallest absolute Gasteiger partial charge is 0.170 e. The van der Waals surface area contributed by atoms with E-state index in [1.165, 1.54) is 0 Å². The van der Waals surface area contributed by atoms with E-state index in [1.807, 2.05) is 36.0 Å². The summed E-state index contributed by atoms with van der Waals surface area (Å²) in [6, 6.07) is 7.68. The molecule has 0 unspecified atom stereocenters. The third kappa shape index (κ3) is 3.04. The van der Waals surface area contributed by atoms with Crippen LogP contribution < -0.4 is 0 Å². The van der Waals surface area contributed by atoms with Crippen molar-refractivity contribution in [2.75, 3.05) is 0 Å². The van der Waals surface area contributed by atoms with Crippen LogP contribution >= 0.6 is 11.6 Å². The van der Waals surface area contributed by atoms with E-state index in [0.717, 1.165) is 11.3 Å². The van der Waals surface area contributed by atoms with Crippen molar-refractivity contribution >= 4 is 17.4 Å². The van der Waals surface area contributed by atoms with Gasteiger partial charge in [-0.3, -0.25) is 9.48 Å². The van der Waals surface area contributed by atoms with Gasteiger partial charge >= 0.3 is 0 Å². The highest BCUT2D eigenvalue weighted by atomic mass is 35.5. The van der Waals surface area contributed by atoms with Crippen molar-refractivity contribution in [2.45, 2.75) is 33.2 Å². The second-order valence-electron chi connectivity index (χ2n) is 4.92. The summed E-state index contributed by atoms with van der Waals surface area (Å²) in [6.07, 6.45) is 2.17. The van der Waals surface area contributed by atoms with Crippen molar-refractivity contribution < 1.29 is 4.79 Å². The van der Waals surface area contributed by atoms with Crippen LogP contribution in [0.3, 0.4) is 0 Å². The SMILES string of the molecule is Cc1cccc(C(=O)Cc2ccn(C(C)C)n2)c1Cl. The summed E-state index contributed by atoms with van der Waals surface area (Å²) in [4.78, 5) is 12.2. The van der Waals surface area contributed by atoms with Crippen LogP contribution in [0.4, 0.5) is 0 Å². The number of halogens is 1. The van der Waals surface area contributed by atoms with Crippen LogP contribution in [0, 0.1) is 6.92 Å². The van der Waals surface area contributed by atoms with E-state index in [0.29, 0.717) is 16.6 Å². The summed E-state index contributed by atoms with van der Waals surface area (Å²) in [6.45, 7) is 6.00. The Kier molecular flexibility index (Phi) is 4.05. The molecular weight excluding hydrogens is 260 g/mol. The Morgan fingerprint density at radius 1 is 1.37 bits per heavy atom.